The van der Waals surface area contributed by atoms with Crippen LogP contribution in [0, 0.1) is 5.82 Å². The molecular weight excluding hydrogens is 323 g/mol. The summed E-state index contributed by atoms with van der Waals surface area (Å²) in [6.45, 7) is 2.08. The highest BCUT2D eigenvalue weighted by molar-refractivity contribution is 9.10. The van der Waals surface area contributed by atoms with Gasteiger partial charge in [-0.3, -0.25) is 0 Å². The van der Waals surface area contributed by atoms with Crippen LogP contribution in [0.3, 0.4) is 0 Å². The van der Waals surface area contributed by atoms with E-state index < -0.39 is 0 Å². The Morgan fingerprint density at radius 3 is 3.05 bits per heavy atom. The van der Waals surface area contributed by atoms with E-state index in [1.807, 2.05) is 0 Å². The molecule has 0 saturated heterocycles. The lowest BCUT2D eigenvalue weighted by Crippen LogP contribution is -2.19. The molecule has 4 nitrogen and oxygen atoms in total. The van der Waals surface area contributed by atoms with Gasteiger partial charge in [0.05, 0.1) is 6.54 Å². The Bertz CT molecular complexity index is 611. The van der Waals surface area contributed by atoms with E-state index >= 15 is 0 Å². The fourth-order valence-electron chi connectivity index (χ4n) is 2.49. The summed E-state index contributed by atoms with van der Waals surface area (Å²) in [4.78, 5) is 0. The van der Waals surface area contributed by atoms with Crippen LogP contribution in [-0.2, 0) is 26.1 Å². The Morgan fingerprint density at radius 1 is 1.25 bits per heavy atom. The molecule has 0 fully saturated rings. The van der Waals surface area contributed by atoms with Crippen LogP contribution in [0.25, 0.3) is 0 Å². The van der Waals surface area contributed by atoms with Gasteiger partial charge in [-0.25, -0.2) is 4.39 Å². The molecule has 2 heterocycles. The highest BCUT2D eigenvalue weighted by Gasteiger charge is 2.15. The molecule has 1 aliphatic rings. The van der Waals surface area contributed by atoms with E-state index in [0.29, 0.717) is 18.7 Å². The number of nitrogens with zero attached hydrogens (tertiary/aromatic N) is 3. The molecule has 0 spiro atoms. The van der Waals surface area contributed by atoms with Crippen molar-refractivity contribution in [1.82, 2.24) is 20.1 Å². The molecule has 0 amide bonds. The lowest BCUT2D eigenvalue weighted by atomic mass is 10.1. The van der Waals surface area contributed by atoms with Crippen molar-refractivity contribution in [3.8, 4) is 0 Å². The predicted molar refractivity (Wildman–Crippen MR) is 77.6 cm³/mol. The number of benzene rings is 1. The van der Waals surface area contributed by atoms with Gasteiger partial charge in [-0.2, -0.15) is 0 Å². The van der Waals surface area contributed by atoms with E-state index in [0.717, 1.165) is 29.1 Å². The molecule has 0 radical (unpaired) electrons. The number of nitrogens with one attached hydrogen (secondary N) is 1. The summed E-state index contributed by atoms with van der Waals surface area (Å²) >= 11 is 3.36. The van der Waals surface area contributed by atoms with Crippen LogP contribution in [0.1, 0.15) is 30.1 Å². The SMILES string of the molecule is Fc1ccc(Br)cc1CNCc1nnc2n1CCCC2. The maximum Gasteiger partial charge on any atom is 0.147 e. The first kappa shape index (κ1) is 13.7. The molecule has 0 unspecified atom stereocenters. The third-order valence-electron chi connectivity index (χ3n) is 3.54. The summed E-state index contributed by atoms with van der Waals surface area (Å²) in [6.07, 6.45) is 3.38. The van der Waals surface area contributed by atoms with Crippen molar-refractivity contribution in [2.24, 2.45) is 0 Å². The zero-order valence-corrected chi connectivity index (χ0v) is 12.7. The molecule has 3 rings (SSSR count). The summed E-state index contributed by atoms with van der Waals surface area (Å²) < 4.78 is 16.7. The number of halogens is 2. The summed E-state index contributed by atoms with van der Waals surface area (Å²) in [5, 5.41) is 11.7. The second kappa shape index (κ2) is 6.01. The lowest BCUT2D eigenvalue weighted by molar-refractivity contribution is 0.495. The number of aryl methyl sites for hydroxylation is 1. The van der Waals surface area contributed by atoms with Crippen molar-refractivity contribution in [3.63, 3.8) is 0 Å². The van der Waals surface area contributed by atoms with Crippen LogP contribution in [-0.4, -0.2) is 14.8 Å². The summed E-state index contributed by atoms with van der Waals surface area (Å²) in [5.74, 6) is 1.82. The van der Waals surface area contributed by atoms with Crippen LogP contribution in [0.15, 0.2) is 22.7 Å². The Labute approximate surface area is 125 Å². The molecule has 6 heteroatoms. The van der Waals surface area contributed by atoms with Gasteiger partial charge in [0.15, 0.2) is 0 Å². The maximum atomic E-state index is 13.6. The average molecular weight is 339 g/mol. The second-order valence-electron chi connectivity index (χ2n) is 4.98. The van der Waals surface area contributed by atoms with Gasteiger partial charge < -0.3 is 9.88 Å². The van der Waals surface area contributed by atoms with Crippen LogP contribution >= 0.6 is 15.9 Å². The molecule has 1 aliphatic heterocycles. The molecular formula is C14H16BrFN4. The van der Waals surface area contributed by atoms with E-state index in [9.17, 15) is 4.39 Å². The van der Waals surface area contributed by atoms with E-state index in [-0.39, 0.29) is 5.82 Å². The highest BCUT2D eigenvalue weighted by Crippen LogP contribution is 2.16. The highest BCUT2D eigenvalue weighted by atomic mass is 79.9. The molecule has 1 aromatic carbocycles. The third kappa shape index (κ3) is 2.91. The van der Waals surface area contributed by atoms with Gasteiger partial charge in [0.1, 0.15) is 17.5 Å². The number of hydrogen-bond donors (Lipinski definition) is 1. The topological polar surface area (TPSA) is 42.7 Å². The minimum absolute atomic E-state index is 0.191. The number of hydrogen-bond acceptors (Lipinski definition) is 3. The summed E-state index contributed by atoms with van der Waals surface area (Å²) in [7, 11) is 0. The van der Waals surface area contributed by atoms with Crippen molar-refractivity contribution in [1.29, 1.82) is 0 Å². The molecule has 106 valence electrons. The van der Waals surface area contributed by atoms with E-state index in [2.05, 4.69) is 36.0 Å². The first-order valence-corrected chi connectivity index (χ1v) is 7.59. The van der Waals surface area contributed by atoms with E-state index in [4.69, 9.17) is 0 Å². The average Bonchev–Trinajstić information content (AvgIpc) is 2.86. The first-order chi connectivity index (χ1) is 9.74. The van der Waals surface area contributed by atoms with Crippen LogP contribution in [0.5, 0.6) is 0 Å². The fourth-order valence-corrected chi connectivity index (χ4v) is 2.90. The summed E-state index contributed by atoms with van der Waals surface area (Å²) in [6, 6.07) is 4.97. The van der Waals surface area contributed by atoms with Gasteiger partial charge in [0.25, 0.3) is 0 Å². The van der Waals surface area contributed by atoms with Gasteiger partial charge >= 0.3 is 0 Å². The standard InChI is InChI=1S/C14H16BrFN4/c15-11-4-5-12(16)10(7-11)8-17-9-14-19-18-13-3-1-2-6-20(13)14/h4-5,7,17H,1-3,6,8-9H2. The predicted octanol–water partition coefficient (Wildman–Crippen LogP) is 2.81. The quantitative estimate of drug-likeness (QED) is 0.932. The van der Waals surface area contributed by atoms with Crippen molar-refractivity contribution in [2.75, 3.05) is 0 Å². The molecule has 0 atom stereocenters. The molecule has 1 N–H and O–H groups in total. The zero-order chi connectivity index (χ0) is 13.9. The van der Waals surface area contributed by atoms with E-state index in [1.54, 1.807) is 12.1 Å². The molecule has 1 aromatic heterocycles. The first-order valence-electron chi connectivity index (χ1n) is 6.79. The van der Waals surface area contributed by atoms with Crippen molar-refractivity contribution >= 4 is 15.9 Å². The lowest BCUT2D eigenvalue weighted by Gasteiger charge is -2.15. The van der Waals surface area contributed by atoms with Crippen molar-refractivity contribution < 1.29 is 4.39 Å². The summed E-state index contributed by atoms with van der Waals surface area (Å²) in [5.41, 5.74) is 0.651. The molecule has 0 saturated carbocycles. The monoisotopic (exact) mass is 338 g/mol. The normalized spacial score (nSPS) is 14.3. The zero-order valence-electron chi connectivity index (χ0n) is 11.1. The van der Waals surface area contributed by atoms with Crippen molar-refractivity contribution in [2.45, 2.75) is 38.9 Å². The minimum atomic E-state index is -0.191. The molecule has 2 aromatic rings. The Hall–Kier alpha value is -1.27. The van der Waals surface area contributed by atoms with Gasteiger partial charge in [0, 0.05) is 29.5 Å². The largest absolute Gasteiger partial charge is 0.314 e. The van der Waals surface area contributed by atoms with Crippen molar-refractivity contribution in [3.05, 3.63) is 45.7 Å². The number of fused-ring (bicyclic) bond motifs is 1. The Morgan fingerprint density at radius 2 is 2.15 bits per heavy atom. The van der Waals surface area contributed by atoms with Gasteiger partial charge in [0.2, 0.25) is 0 Å². The van der Waals surface area contributed by atoms with Crippen LogP contribution < -0.4 is 5.32 Å². The minimum Gasteiger partial charge on any atom is -0.314 e. The smallest absolute Gasteiger partial charge is 0.147 e. The number of rotatable bonds is 4. The Balaban J connectivity index is 1.63. The molecule has 20 heavy (non-hydrogen) atoms. The fraction of sp³-hybridized carbons (Fsp3) is 0.429. The van der Waals surface area contributed by atoms with E-state index in [1.165, 1.54) is 18.9 Å². The molecule has 0 aliphatic carbocycles. The maximum absolute atomic E-state index is 13.6. The van der Waals surface area contributed by atoms with Gasteiger partial charge in [-0.1, -0.05) is 15.9 Å². The Kier molecular flexibility index (Phi) is 4.12. The molecule has 0 bridgehead atoms. The third-order valence-corrected chi connectivity index (χ3v) is 4.04. The van der Waals surface area contributed by atoms with Crippen LogP contribution in [0.4, 0.5) is 4.39 Å². The van der Waals surface area contributed by atoms with Gasteiger partial charge in [-0.15, -0.1) is 10.2 Å². The number of aromatic nitrogens is 3. The second-order valence-corrected chi connectivity index (χ2v) is 5.90. The van der Waals surface area contributed by atoms with Crippen LogP contribution in [0.2, 0.25) is 0 Å². The van der Waals surface area contributed by atoms with Gasteiger partial charge in [-0.05, 0) is 31.0 Å².